The van der Waals surface area contributed by atoms with Crippen LogP contribution in [0.4, 0.5) is 0 Å². The molecule has 4 nitrogen and oxygen atoms in total. The number of benzene rings is 2. The molecular weight excluding hydrogens is 336 g/mol. The molecule has 1 aliphatic rings. The van der Waals surface area contributed by atoms with Crippen LogP contribution in [0.5, 0.6) is 0 Å². The number of esters is 1. The fraction of sp³-hybridized carbons (Fsp3) is 0.174. The van der Waals surface area contributed by atoms with Crippen molar-refractivity contribution in [3.8, 4) is 0 Å². The van der Waals surface area contributed by atoms with Crippen LogP contribution in [0.1, 0.15) is 22.7 Å². The summed E-state index contributed by atoms with van der Waals surface area (Å²) in [6, 6.07) is 18.4. The highest BCUT2D eigenvalue weighted by Gasteiger charge is 2.28. The number of fused-ring (bicyclic) bond motifs is 1. The van der Waals surface area contributed by atoms with E-state index in [2.05, 4.69) is 42.2 Å². The number of carbonyl (C=O) groups is 1. The lowest BCUT2D eigenvalue weighted by atomic mass is 9.88. The Bertz CT molecular complexity index is 1030. The Labute approximate surface area is 158 Å². The summed E-state index contributed by atoms with van der Waals surface area (Å²) >= 11 is 0. The Kier molecular flexibility index (Phi) is 4.55. The normalized spacial score (nSPS) is 16.4. The second-order valence-corrected chi connectivity index (χ2v) is 6.76. The number of rotatable bonds is 4. The fourth-order valence-corrected chi connectivity index (χ4v) is 3.74. The Hall–Kier alpha value is -3.27. The number of aromatic amines is 1. The first-order valence-corrected chi connectivity index (χ1v) is 9.02. The molecule has 1 atom stereocenters. The van der Waals surface area contributed by atoms with Crippen molar-refractivity contribution in [2.24, 2.45) is 0 Å². The summed E-state index contributed by atoms with van der Waals surface area (Å²) in [7, 11) is 1.43. The molecule has 2 heterocycles. The zero-order valence-electron chi connectivity index (χ0n) is 15.5. The summed E-state index contributed by atoms with van der Waals surface area (Å²) in [6.07, 6.45) is 6.04. The van der Waals surface area contributed by atoms with Gasteiger partial charge in [-0.2, -0.15) is 0 Å². The first kappa shape index (κ1) is 17.2. The van der Waals surface area contributed by atoms with E-state index < -0.39 is 0 Å². The van der Waals surface area contributed by atoms with Gasteiger partial charge in [0.2, 0.25) is 0 Å². The highest BCUT2D eigenvalue weighted by Crippen LogP contribution is 2.37. The summed E-state index contributed by atoms with van der Waals surface area (Å²) in [4.78, 5) is 18.0. The van der Waals surface area contributed by atoms with Gasteiger partial charge in [-0.05, 0) is 24.1 Å². The van der Waals surface area contributed by atoms with Crippen LogP contribution < -0.4 is 0 Å². The zero-order valence-corrected chi connectivity index (χ0v) is 15.5. The maximum absolute atomic E-state index is 12.6. The number of para-hydroxylation sites is 1. The van der Waals surface area contributed by atoms with Gasteiger partial charge in [0.25, 0.3) is 0 Å². The lowest BCUT2D eigenvalue weighted by Gasteiger charge is -2.26. The van der Waals surface area contributed by atoms with Gasteiger partial charge < -0.3 is 14.6 Å². The summed E-state index contributed by atoms with van der Waals surface area (Å²) in [5.41, 5.74) is 5.09. The van der Waals surface area contributed by atoms with Gasteiger partial charge >= 0.3 is 5.97 Å². The average Bonchev–Trinajstić information content (AvgIpc) is 3.04. The van der Waals surface area contributed by atoms with Crippen LogP contribution in [0.2, 0.25) is 0 Å². The van der Waals surface area contributed by atoms with Crippen molar-refractivity contribution in [2.75, 3.05) is 7.11 Å². The van der Waals surface area contributed by atoms with E-state index >= 15 is 0 Å². The van der Waals surface area contributed by atoms with Crippen LogP contribution in [-0.2, 0) is 16.1 Å². The van der Waals surface area contributed by atoms with Gasteiger partial charge in [0, 0.05) is 41.5 Å². The molecule has 0 bridgehead atoms. The molecule has 0 radical (unpaired) electrons. The second kappa shape index (κ2) is 7.16. The highest BCUT2D eigenvalue weighted by molar-refractivity contribution is 5.94. The molecule has 0 spiro atoms. The van der Waals surface area contributed by atoms with Crippen LogP contribution >= 0.6 is 0 Å². The monoisotopic (exact) mass is 358 g/mol. The van der Waals surface area contributed by atoms with Crippen molar-refractivity contribution < 1.29 is 9.53 Å². The number of carbonyl (C=O) groups excluding carboxylic acids is 1. The summed E-state index contributed by atoms with van der Waals surface area (Å²) < 4.78 is 5.09. The first-order valence-electron chi connectivity index (χ1n) is 9.02. The Morgan fingerprint density at radius 3 is 2.63 bits per heavy atom. The third-order valence-electron chi connectivity index (χ3n) is 4.99. The van der Waals surface area contributed by atoms with Crippen molar-refractivity contribution in [1.29, 1.82) is 0 Å². The molecule has 0 saturated heterocycles. The molecule has 4 rings (SSSR count). The Morgan fingerprint density at radius 1 is 1.11 bits per heavy atom. The van der Waals surface area contributed by atoms with Crippen molar-refractivity contribution in [2.45, 2.75) is 19.4 Å². The van der Waals surface area contributed by atoms with Gasteiger partial charge in [-0.1, -0.05) is 54.6 Å². The summed E-state index contributed by atoms with van der Waals surface area (Å²) in [5, 5.41) is 1.14. The van der Waals surface area contributed by atoms with Crippen LogP contribution in [-0.4, -0.2) is 23.0 Å². The van der Waals surface area contributed by atoms with Gasteiger partial charge in [0.1, 0.15) is 0 Å². The molecule has 1 N–H and O–H groups in total. The number of aromatic nitrogens is 1. The summed E-state index contributed by atoms with van der Waals surface area (Å²) in [6.45, 7) is 2.76. The van der Waals surface area contributed by atoms with Gasteiger partial charge in [-0.15, -0.1) is 0 Å². The SMILES string of the molecule is COC(=O)C1=CN(Cc2ccccc2)C=CC1c1c(C)[nH]c2ccccc12. The van der Waals surface area contributed by atoms with Gasteiger partial charge in [-0.25, -0.2) is 4.79 Å². The van der Waals surface area contributed by atoms with E-state index in [1.54, 1.807) is 0 Å². The van der Waals surface area contributed by atoms with Crippen molar-refractivity contribution >= 4 is 16.9 Å². The van der Waals surface area contributed by atoms with E-state index in [1.165, 1.54) is 12.7 Å². The Morgan fingerprint density at radius 2 is 1.85 bits per heavy atom. The van der Waals surface area contributed by atoms with Crippen LogP contribution in [0.25, 0.3) is 10.9 Å². The molecule has 27 heavy (non-hydrogen) atoms. The maximum atomic E-state index is 12.6. The zero-order chi connectivity index (χ0) is 18.8. The molecule has 1 aliphatic heterocycles. The number of aryl methyl sites for hydroxylation is 1. The third kappa shape index (κ3) is 3.26. The molecule has 1 aromatic heterocycles. The van der Waals surface area contributed by atoms with Crippen LogP contribution in [0, 0.1) is 6.92 Å². The average molecular weight is 358 g/mol. The Balaban J connectivity index is 1.73. The molecule has 0 amide bonds. The van der Waals surface area contributed by atoms with Gasteiger partial charge in [-0.3, -0.25) is 0 Å². The smallest absolute Gasteiger partial charge is 0.336 e. The maximum Gasteiger partial charge on any atom is 0.336 e. The van der Waals surface area contributed by atoms with Gasteiger partial charge in [0.15, 0.2) is 0 Å². The van der Waals surface area contributed by atoms with E-state index in [0.29, 0.717) is 12.1 Å². The highest BCUT2D eigenvalue weighted by atomic mass is 16.5. The lowest BCUT2D eigenvalue weighted by molar-refractivity contribution is -0.136. The molecule has 0 aliphatic carbocycles. The molecule has 4 heteroatoms. The van der Waals surface area contributed by atoms with E-state index in [4.69, 9.17) is 4.74 Å². The topological polar surface area (TPSA) is 45.3 Å². The van der Waals surface area contributed by atoms with E-state index in [-0.39, 0.29) is 11.9 Å². The molecule has 136 valence electrons. The molecular formula is C23H22N2O2. The van der Waals surface area contributed by atoms with Crippen LogP contribution in [0.3, 0.4) is 0 Å². The minimum absolute atomic E-state index is 0.138. The number of ether oxygens (including phenoxy) is 1. The van der Waals surface area contributed by atoms with Gasteiger partial charge in [0.05, 0.1) is 12.7 Å². The number of hydrogen-bond donors (Lipinski definition) is 1. The van der Waals surface area contributed by atoms with E-state index in [1.807, 2.05) is 47.6 Å². The third-order valence-corrected chi connectivity index (χ3v) is 4.99. The number of methoxy groups -OCH3 is 1. The number of nitrogens with one attached hydrogen (secondary N) is 1. The predicted molar refractivity (Wildman–Crippen MR) is 107 cm³/mol. The molecule has 2 aromatic carbocycles. The number of hydrogen-bond acceptors (Lipinski definition) is 3. The predicted octanol–water partition coefficient (Wildman–Crippen LogP) is 4.65. The molecule has 0 saturated carbocycles. The largest absolute Gasteiger partial charge is 0.466 e. The summed E-state index contributed by atoms with van der Waals surface area (Å²) in [5.74, 6) is -0.437. The lowest BCUT2D eigenvalue weighted by Crippen LogP contribution is -2.22. The number of H-pyrrole nitrogens is 1. The minimum Gasteiger partial charge on any atom is -0.466 e. The van der Waals surface area contributed by atoms with Crippen LogP contribution in [0.15, 0.2) is 78.6 Å². The first-order chi connectivity index (χ1) is 13.2. The number of allylic oxidation sites excluding steroid dienone is 1. The fourth-order valence-electron chi connectivity index (χ4n) is 3.74. The standard InChI is InChI=1S/C23H22N2O2/c1-16-22(19-10-6-7-11-21(19)24-16)18-12-13-25(15-20(18)23(26)27-2)14-17-8-4-3-5-9-17/h3-13,15,18,24H,14H2,1-2H3. The van der Waals surface area contributed by atoms with E-state index in [0.717, 1.165) is 22.2 Å². The quantitative estimate of drug-likeness (QED) is 0.691. The molecule has 3 aromatic rings. The van der Waals surface area contributed by atoms with Crippen molar-refractivity contribution in [3.05, 3.63) is 95.5 Å². The minimum atomic E-state index is -0.299. The molecule has 1 unspecified atom stereocenters. The van der Waals surface area contributed by atoms with E-state index in [9.17, 15) is 4.79 Å². The van der Waals surface area contributed by atoms with Crippen molar-refractivity contribution in [3.63, 3.8) is 0 Å². The molecule has 0 fully saturated rings. The number of nitrogens with zero attached hydrogens (tertiary/aromatic N) is 1. The van der Waals surface area contributed by atoms with Crippen molar-refractivity contribution in [1.82, 2.24) is 9.88 Å². The second-order valence-electron chi connectivity index (χ2n) is 6.76.